The van der Waals surface area contributed by atoms with Gasteiger partial charge in [-0.2, -0.15) is 0 Å². The molecule has 1 aromatic carbocycles. The predicted octanol–water partition coefficient (Wildman–Crippen LogP) is 2.14. The predicted molar refractivity (Wildman–Crippen MR) is 72.9 cm³/mol. The normalized spacial score (nSPS) is 11.2. The molecule has 0 aliphatic carbocycles. The number of sulfonamides is 1. The van der Waals surface area contributed by atoms with Crippen LogP contribution in [0.3, 0.4) is 0 Å². The molecular weight excluding hydrogens is 248 g/mol. The van der Waals surface area contributed by atoms with Gasteiger partial charge >= 0.3 is 0 Å². The number of hydrogen-bond acceptors (Lipinski definition) is 3. The van der Waals surface area contributed by atoms with Gasteiger partial charge in [0, 0.05) is 30.6 Å². The Morgan fingerprint density at radius 2 is 1.83 bits per heavy atom. The SMILES string of the molecule is CN(c1ccccc1-c1cccnc1)S(C)(=O)=O. The van der Waals surface area contributed by atoms with E-state index in [2.05, 4.69) is 4.98 Å². The Balaban J connectivity index is 2.58. The van der Waals surface area contributed by atoms with E-state index in [1.54, 1.807) is 25.5 Å². The highest BCUT2D eigenvalue weighted by Crippen LogP contribution is 2.30. The van der Waals surface area contributed by atoms with Gasteiger partial charge in [0.1, 0.15) is 0 Å². The molecule has 2 rings (SSSR count). The Bertz CT molecular complexity index is 639. The van der Waals surface area contributed by atoms with Gasteiger partial charge in [-0.05, 0) is 12.1 Å². The molecule has 0 saturated heterocycles. The third-order valence-corrected chi connectivity index (χ3v) is 3.90. The largest absolute Gasteiger partial charge is 0.273 e. The van der Waals surface area contributed by atoms with Gasteiger partial charge in [-0.3, -0.25) is 9.29 Å². The first kappa shape index (κ1) is 12.6. The van der Waals surface area contributed by atoms with Crippen molar-refractivity contribution in [2.45, 2.75) is 0 Å². The van der Waals surface area contributed by atoms with Crippen LogP contribution in [-0.4, -0.2) is 26.7 Å². The second kappa shape index (κ2) is 4.78. The van der Waals surface area contributed by atoms with E-state index in [0.29, 0.717) is 5.69 Å². The van der Waals surface area contributed by atoms with Gasteiger partial charge in [-0.1, -0.05) is 24.3 Å². The molecule has 0 saturated carbocycles. The highest BCUT2D eigenvalue weighted by Gasteiger charge is 2.15. The van der Waals surface area contributed by atoms with E-state index in [9.17, 15) is 8.42 Å². The summed E-state index contributed by atoms with van der Waals surface area (Å²) in [5.74, 6) is 0. The molecule has 0 spiro atoms. The summed E-state index contributed by atoms with van der Waals surface area (Å²) < 4.78 is 24.5. The Kier molecular flexibility index (Phi) is 3.34. The number of pyridine rings is 1. The molecule has 4 nitrogen and oxygen atoms in total. The Labute approximate surface area is 107 Å². The molecule has 0 bridgehead atoms. The molecule has 0 atom stereocenters. The Morgan fingerprint density at radius 3 is 2.44 bits per heavy atom. The minimum Gasteiger partial charge on any atom is -0.273 e. The lowest BCUT2D eigenvalue weighted by atomic mass is 10.1. The smallest absolute Gasteiger partial charge is 0.232 e. The molecule has 0 unspecified atom stereocenters. The monoisotopic (exact) mass is 262 g/mol. The van der Waals surface area contributed by atoms with Gasteiger partial charge in [-0.25, -0.2) is 8.42 Å². The molecule has 1 heterocycles. The van der Waals surface area contributed by atoms with Crippen LogP contribution < -0.4 is 4.31 Å². The topological polar surface area (TPSA) is 50.3 Å². The summed E-state index contributed by atoms with van der Waals surface area (Å²) in [6, 6.07) is 11.1. The van der Waals surface area contributed by atoms with E-state index >= 15 is 0 Å². The maximum Gasteiger partial charge on any atom is 0.232 e. The number of benzene rings is 1. The van der Waals surface area contributed by atoms with Crippen LogP contribution in [0.5, 0.6) is 0 Å². The fraction of sp³-hybridized carbons (Fsp3) is 0.154. The summed E-state index contributed by atoms with van der Waals surface area (Å²) in [5.41, 5.74) is 2.38. The van der Waals surface area contributed by atoms with Gasteiger partial charge in [0.25, 0.3) is 0 Å². The molecule has 0 fully saturated rings. The number of rotatable bonds is 3. The Morgan fingerprint density at radius 1 is 1.11 bits per heavy atom. The lowest BCUT2D eigenvalue weighted by Gasteiger charge is -2.20. The first-order valence-corrected chi connectivity index (χ1v) is 7.28. The van der Waals surface area contributed by atoms with Crippen molar-refractivity contribution in [1.82, 2.24) is 4.98 Å². The Hall–Kier alpha value is -1.88. The van der Waals surface area contributed by atoms with Crippen molar-refractivity contribution < 1.29 is 8.42 Å². The molecule has 94 valence electrons. The number of nitrogens with zero attached hydrogens (tertiary/aromatic N) is 2. The van der Waals surface area contributed by atoms with Crippen LogP contribution >= 0.6 is 0 Å². The summed E-state index contributed by atoms with van der Waals surface area (Å²) in [4.78, 5) is 4.06. The van der Waals surface area contributed by atoms with Crippen LogP contribution in [0.1, 0.15) is 0 Å². The number of para-hydroxylation sites is 1. The van der Waals surface area contributed by atoms with Crippen molar-refractivity contribution >= 4 is 15.7 Å². The highest BCUT2D eigenvalue weighted by molar-refractivity contribution is 7.92. The number of aromatic nitrogens is 1. The quantitative estimate of drug-likeness (QED) is 0.851. The molecule has 0 N–H and O–H groups in total. The van der Waals surface area contributed by atoms with Crippen molar-refractivity contribution in [2.24, 2.45) is 0 Å². The van der Waals surface area contributed by atoms with E-state index in [1.807, 2.05) is 30.3 Å². The first-order valence-electron chi connectivity index (χ1n) is 5.43. The molecule has 0 amide bonds. The molecule has 18 heavy (non-hydrogen) atoms. The zero-order valence-corrected chi connectivity index (χ0v) is 11.1. The summed E-state index contributed by atoms with van der Waals surface area (Å²) in [6.45, 7) is 0. The van der Waals surface area contributed by atoms with Gasteiger partial charge in [0.05, 0.1) is 11.9 Å². The standard InChI is InChI=1S/C13H14N2O2S/c1-15(18(2,16)17)13-8-4-3-7-12(13)11-6-5-9-14-10-11/h3-10H,1-2H3. The lowest BCUT2D eigenvalue weighted by Crippen LogP contribution is -2.25. The fourth-order valence-electron chi connectivity index (χ4n) is 1.69. The molecule has 2 aromatic rings. The van der Waals surface area contributed by atoms with Crippen molar-refractivity contribution in [3.05, 3.63) is 48.8 Å². The maximum atomic E-state index is 11.6. The van der Waals surface area contributed by atoms with E-state index < -0.39 is 10.0 Å². The van der Waals surface area contributed by atoms with Crippen LogP contribution in [0.25, 0.3) is 11.1 Å². The van der Waals surface area contributed by atoms with Crippen LogP contribution in [0.4, 0.5) is 5.69 Å². The summed E-state index contributed by atoms with van der Waals surface area (Å²) in [6.07, 6.45) is 4.59. The summed E-state index contributed by atoms with van der Waals surface area (Å²) >= 11 is 0. The van der Waals surface area contributed by atoms with Crippen LogP contribution in [0.2, 0.25) is 0 Å². The zero-order chi connectivity index (χ0) is 13.2. The van der Waals surface area contributed by atoms with E-state index in [0.717, 1.165) is 11.1 Å². The van der Waals surface area contributed by atoms with E-state index in [1.165, 1.54) is 10.6 Å². The van der Waals surface area contributed by atoms with Crippen LogP contribution in [-0.2, 0) is 10.0 Å². The molecule has 0 aliphatic heterocycles. The average Bonchev–Trinajstić information content (AvgIpc) is 2.38. The minimum absolute atomic E-state index is 0.646. The van der Waals surface area contributed by atoms with E-state index in [-0.39, 0.29) is 0 Å². The van der Waals surface area contributed by atoms with Gasteiger partial charge in [-0.15, -0.1) is 0 Å². The third-order valence-electron chi connectivity index (χ3n) is 2.71. The van der Waals surface area contributed by atoms with Crippen molar-refractivity contribution in [2.75, 3.05) is 17.6 Å². The summed E-state index contributed by atoms with van der Waals surface area (Å²) in [5, 5.41) is 0. The maximum absolute atomic E-state index is 11.6. The summed E-state index contributed by atoms with van der Waals surface area (Å²) in [7, 11) is -1.73. The third kappa shape index (κ3) is 2.51. The molecular formula is C13H14N2O2S. The van der Waals surface area contributed by atoms with Gasteiger partial charge in [0.2, 0.25) is 10.0 Å². The first-order chi connectivity index (χ1) is 8.50. The lowest BCUT2D eigenvalue weighted by molar-refractivity contribution is 0.600. The molecule has 5 heteroatoms. The van der Waals surface area contributed by atoms with Crippen molar-refractivity contribution in [3.63, 3.8) is 0 Å². The van der Waals surface area contributed by atoms with Crippen LogP contribution in [0.15, 0.2) is 48.8 Å². The second-order valence-electron chi connectivity index (χ2n) is 3.99. The van der Waals surface area contributed by atoms with Gasteiger partial charge in [0.15, 0.2) is 0 Å². The van der Waals surface area contributed by atoms with Crippen molar-refractivity contribution in [1.29, 1.82) is 0 Å². The minimum atomic E-state index is -3.27. The number of anilines is 1. The second-order valence-corrected chi connectivity index (χ2v) is 6.00. The molecule has 1 aromatic heterocycles. The van der Waals surface area contributed by atoms with Gasteiger partial charge < -0.3 is 0 Å². The fourth-order valence-corrected chi connectivity index (χ4v) is 2.21. The highest BCUT2D eigenvalue weighted by atomic mass is 32.2. The molecule has 0 aliphatic rings. The molecule has 0 radical (unpaired) electrons. The van der Waals surface area contributed by atoms with Crippen LogP contribution in [0, 0.1) is 0 Å². The van der Waals surface area contributed by atoms with Crippen molar-refractivity contribution in [3.8, 4) is 11.1 Å². The number of hydrogen-bond donors (Lipinski definition) is 0. The average molecular weight is 262 g/mol. The zero-order valence-electron chi connectivity index (χ0n) is 10.2. The van der Waals surface area contributed by atoms with E-state index in [4.69, 9.17) is 0 Å².